The number of carboxylic acid groups (broad SMARTS) is 1. The summed E-state index contributed by atoms with van der Waals surface area (Å²) in [7, 11) is 0. The number of rotatable bonds is 3. The molecule has 2 aromatic rings. The minimum absolute atomic E-state index is 0.364. The van der Waals surface area contributed by atoms with Crippen molar-refractivity contribution in [1.82, 2.24) is 4.90 Å². The summed E-state index contributed by atoms with van der Waals surface area (Å²) in [4.78, 5) is 39.3. The number of anilines is 1. The van der Waals surface area contributed by atoms with Crippen LogP contribution in [0.25, 0.3) is 10.8 Å². The second kappa shape index (κ2) is 5.86. The number of imide groups is 1. The van der Waals surface area contributed by atoms with Crippen molar-refractivity contribution in [3.8, 4) is 0 Å². The van der Waals surface area contributed by atoms with Crippen LogP contribution in [0.1, 0.15) is 20.7 Å². The Kier molecular flexibility index (Phi) is 3.65. The smallest absolute Gasteiger partial charge is 0.323 e. The van der Waals surface area contributed by atoms with E-state index in [1.807, 2.05) is 12.1 Å². The highest BCUT2D eigenvalue weighted by Gasteiger charge is 2.34. The molecule has 2 heterocycles. The summed E-state index contributed by atoms with van der Waals surface area (Å²) in [6.07, 6.45) is 0. The van der Waals surface area contributed by atoms with Crippen molar-refractivity contribution < 1.29 is 24.2 Å². The summed E-state index contributed by atoms with van der Waals surface area (Å²) in [5.41, 5.74) is 1.68. The van der Waals surface area contributed by atoms with Crippen LogP contribution in [0.2, 0.25) is 0 Å². The fourth-order valence-electron chi connectivity index (χ4n) is 3.49. The predicted octanol–water partition coefficient (Wildman–Crippen LogP) is 1.36. The molecule has 0 saturated carbocycles. The van der Waals surface area contributed by atoms with E-state index in [1.165, 1.54) is 0 Å². The van der Waals surface area contributed by atoms with Gasteiger partial charge in [0.1, 0.15) is 6.54 Å². The standard InChI is InChI=1S/C18H16N2O5/c21-15(22)10-20-17(23)12-3-1-2-11-14(19-6-8-25-9-7-19)5-4-13(16(11)12)18(20)24/h1-5H,6-10H2,(H,21,22). The highest BCUT2D eigenvalue weighted by molar-refractivity contribution is 6.27. The average Bonchev–Trinajstić information content (AvgIpc) is 2.63. The van der Waals surface area contributed by atoms with Crippen molar-refractivity contribution in [2.75, 3.05) is 37.7 Å². The van der Waals surface area contributed by atoms with Crippen LogP contribution in [-0.4, -0.2) is 60.6 Å². The van der Waals surface area contributed by atoms with E-state index in [0.29, 0.717) is 29.7 Å². The van der Waals surface area contributed by atoms with Gasteiger partial charge in [-0.25, -0.2) is 0 Å². The van der Waals surface area contributed by atoms with Crippen molar-refractivity contribution in [1.29, 1.82) is 0 Å². The Labute approximate surface area is 143 Å². The molecule has 7 nitrogen and oxygen atoms in total. The summed E-state index contributed by atoms with van der Waals surface area (Å²) < 4.78 is 5.39. The highest BCUT2D eigenvalue weighted by atomic mass is 16.5. The highest BCUT2D eigenvalue weighted by Crippen LogP contribution is 2.36. The van der Waals surface area contributed by atoms with Gasteiger partial charge < -0.3 is 14.7 Å². The lowest BCUT2D eigenvalue weighted by Gasteiger charge is -2.32. The fourth-order valence-corrected chi connectivity index (χ4v) is 3.49. The van der Waals surface area contributed by atoms with Gasteiger partial charge in [-0.2, -0.15) is 0 Å². The Balaban J connectivity index is 1.89. The Morgan fingerprint density at radius 2 is 1.72 bits per heavy atom. The molecule has 1 fully saturated rings. The molecule has 0 radical (unpaired) electrons. The van der Waals surface area contributed by atoms with Gasteiger partial charge in [-0.05, 0) is 18.2 Å². The van der Waals surface area contributed by atoms with Gasteiger partial charge in [-0.15, -0.1) is 0 Å². The number of nitrogens with zero attached hydrogens (tertiary/aromatic N) is 2. The van der Waals surface area contributed by atoms with Crippen LogP contribution < -0.4 is 4.90 Å². The molecule has 4 rings (SSSR count). The lowest BCUT2D eigenvalue weighted by atomic mass is 9.92. The first-order chi connectivity index (χ1) is 12.1. The van der Waals surface area contributed by atoms with Crippen LogP contribution in [0.5, 0.6) is 0 Å². The van der Waals surface area contributed by atoms with Gasteiger partial charge in [0, 0.05) is 40.7 Å². The number of carbonyl (C=O) groups excluding carboxylic acids is 2. The van der Waals surface area contributed by atoms with Crippen LogP contribution in [0.4, 0.5) is 5.69 Å². The van der Waals surface area contributed by atoms with Crippen molar-refractivity contribution in [2.45, 2.75) is 0 Å². The van der Waals surface area contributed by atoms with Crippen LogP contribution >= 0.6 is 0 Å². The molecule has 25 heavy (non-hydrogen) atoms. The number of carbonyl (C=O) groups is 3. The van der Waals surface area contributed by atoms with Crippen LogP contribution in [0.3, 0.4) is 0 Å². The predicted molar refractivity (Wildman–Crippen MR) is 90.0 cm³/mol. The van der Waals surface area contributed by atoms with E-state index < -0.39 is 24.3 Å². The number of aliphatic carboxylic acids is 1. The molecule has 0 aliphatic carbocycles. The molecule has 0 unspecified atom stereocenters. The first-order valence-corrected chi connectivity index (χ1v) is 8.04. The van der Waals surface area contributed by atoms with Gasteiger partial charge in [0.2, 0.25) is 0 Å². The lowest BCUT2D eigenvalue weighted by molar-refractivity contribution is -0.137. The number of hydrogen-bond acceptors (Lipinski definition) is 5. The molecule has 0 atom stereocenters. The summed E-state index contributed by atoms with van der Waals surface area (Å²) >= 11 is 0. The minimum atomic E-state index is -1.22. The molecule has 2 aliphatic rings. The third-order valence-corrected chi connectivity index (χ3v) is 4.61. The molecule has 2 aliphatic heterocycles. The lowest BCUT2D eigenvalue weighted by Crippen LogP contribution is -2.43. The third kappa shape index (κ3) is 2.44. The maximum absolute atomic E-state index is 12.6. The molecular formula is C18H16N2O5. The second-order valence-electron chi connectivity index (χ2n) is 6.05. The van der Waals surface area contributed by atoms with Crippen LogP contribution in [-0.2, 0) is 9.53 Å². The zero-order valence-electron chi connectivity index (χ0n) is 13.4. The largest absolute Gasteiger partial charge is 0.480 e. The zero-order chi connectivity index (χ0) is 17.6. The van der Waals surface area contributed by atoms with E-state index in [2.05, 4.69) is 4.90 Å². The van der Waals surface area contributed by atoms with E-state index in [4.69, 9.17) is 9.84 Å². The Morgan fingerprint density at radius 1 is 1.04 bits per heavy atom. The van der Waals surface area contributed by atoms with Gasteiger partial charge in [-0.3, -0.25) is 19.3 Å². The van der Waals surface area contributed by atoms with Gasteiger partial charge in [0.05, 0.1) is 13.2 Å². The Hall–Kier alpha value is -2.93. The Morgan fingerprint density at radius 3 is 2.40 bits per heavy atom. The number of amides is 2. The number of hydrogen-bond donors (Lipinski definition) is 1. The van der Waals surface area contributed by atoms with Crippen molar-refractivity contribution in [3.05, 3.63) is 41.5 Å². The number of benzene rings is 2. The average molecular weight is 340 g/mol. The molecule has 0 aromatic heterocycles. The van der Waals surface area contributed by atoms with E-state index in [-0.39, 0.29) is 0 Å². The van der Waals surface area contributed by atoms with Gasteiger partial charge in [0.15, 0.2) is 0 Å². The topological polar surface area (TPSA) is 87.2 Å². The molecule has 2 amide bonds. The molecule has 2 aromatic carbocycles. The van der Waals surface area contributed by atoms with E-state index in [9.17, 15) is 14.4 Å². The van der Waals surface area contributed by atoms with E-state index in [1.54, 1.807) is 18.2 Å². The normalized spacial score (nSPS) is 17.3. The zero-order valence-corrected chi connectivity index (χ0v) is 13.4. The number of carboxylic acids is 1. The van der Waals surface area contributed by atoms with Crippen LogP contribution in [0.15, 0.2) is 30.3 Å². The molecule has 0 spiro atoms. The monoisotopic (exact) mass is 340 g/mol. The van der Waals surface area contributed by atoms with E-state index >= 15 is 0 Å². The Bertz CT molecular complexity index is 879. The third-order valence-electron chi connectivity index (χ3n) is 4.61. The summed E-state index contributed by atoms with van der Waals surface area (Å²) in [5.74, 6) is -2.35. The maximum atomic E-state index is 12.6. The van der Waals surface area contributed by atoms with E-state index in [0.717, 1.165) is 29.1 Å². The molecular weight excluding hydrogens is 324 g/mol. The van der Waals surface area contributed by atoms with Crippen molar-refractivity contribution in [2.24, 2.45) is 0 Å². The van der Waals surface area contributed by atoms with Crippen molar-refractivity contribution >= 4 is 34.2 Å². The summed E-state index contributed by atoms with van der Waals surface area (Å²) in [5, 5.41) is 10.4. The SMILES string of the molecule is O=C(O)CN1C(=O)c2cccc3c(N4CCOCC4)ccc(c23)C1=O. The van der Waals surface area contributed by atoms with Crippen molar-refractivity contribution in [3.63, 3.8) is 0 Å². The molecule has 128 valence electrons. The summed E-state index contributed by atoms with van der Waals surface area (Å²) in [6, 6.07) is 8.83. The van der Waals surface area contributed by atoms with Crippen LogP contribution in [0, 0.1) is 0 Å². The molecule has 7 heteroatoms. The number of morpholine rings is 1. The first-order valence-electron chi connectivity index (χ1n) is 8.04. The molecule has 1 saturated heterocycles. The first kappa shape index (κ1) is 15.6. The molecule has 1 N–H and O–H groups in total. The molecule has 0 bridgehead atoms. The minimum Gasteiger partial charge on any atom is -0.480 e. The fraction of sp³-hybridized carbons (Fsp3) is 0.278. The quantitative estimate of drug-likeness (QED) is 0.849. The maximum Gasteiger partial charge on any atom is 0.323 e. The van der Waals surface area contributed by atoms with Gasteiger partial charge in [0.25, 0.3) is 11.8 Å². The summed E-state index contributed by atoms with van der Waals surface area (Å²) in [6.45, 7) is 2.11. The van der Waals surface area contributed by atoms with Gasteiger partial charge >= 0.3 is 5.97 Å². The second-order valence-corrected chi connectivity index (χ2v) is 6.05. The van der Waals surface area contributed by atoms with Gasteiger partial charge in [-0.1, -0.05) is 12.1 Å². The number of ether oxygens (including phenoxy) is 1.